The van der Waals surface area contributed by atoms with Crippen molar-refractivity contribution in [2.24, 2.45) is 5.73 Å². The normalized spacial score (nSPS) is 11.1. The lowest BCUT2D eigenvalue weighted by Crippen LogP contribution is -2.14. The van der Waals surface area contributed by atoms with E-state index >= 15 is 0 Å². The number of carbonyl (C=O) groups is 1. The number of thiol groups is 1. The van der Waals surface area contributed by atoms with Gasteiger partial charge in [-0.25, -0.2) is 0 Å². The highest BCUT2D eigenvalue weighted by atomic mass is 32.2. The molecule has 0 aliphatic carbocycles. The monoisotopic (exact) mass is 518 g/mol. The van der Waals surface area contributed by atoms with Crippen LogP contribution in [0.25, 0.3) is 0 Å². The first kappa shape index (κ1) is 28.1. The van der Waals surface area contributed by atoms with E-state index in [1.807, 2.05) is 36.4 Å². The summed E-state index contributed by atoms with van der Waals surface area (Å²) in [6, 6.07) is 19.3. The van der Waals surface area contributed by atoms with Crippen molar-refractivity contribution < 1.29 is 22.7 Å². The Balaban J connectivity index is 0.000000784. The molecule has 0 spiro atoms. The lowest BCUT2D eigenvalue weighted by molar-refractivity contribution is -0.137. The van der Waals surface area contributed by atoms with E-state index in [1.54, 1.807) is 12.1 Å². The van der Waals surface area contributed by atoms with E-state index in [0.29, 0.717) is 0 Å². The highest BCUT2D eigenvalue weighted by molar-refractivity contribution is 7.99. The second kappa shape index (κ2) is 12.0. The first-order valence-electron chi connectivity index (χ1n) is 10.4. The third-order valence-corrected chi connectivity index (χ3v) is 4.95. The van der Waals surface area contributed by atoms with Crippen molar-refractivity contribution in [3.63, 3.8) is 0 Å². The summed E-state index contributed by atoms with van der Waals surface area (Å²) in [4.78, 5) is 12.9. The van der Waals surface area contributed by atoms with E-state index in [2.05, 4.69) is 33.4 Å². The number of hydrogen-bond donors (Lipinski definition) is 2. The second-order valence-corrected chi connectivity index (χ2v) is 11.0. The number of carbonyl (C=O) groups excluding carboxylic acids is 1. The van der Waals surface area contributed by atoms with E-state index in [9.17, 15) is 23.2 Å². The largest absolute Gasteiger partial charge is 0.456 e. The summed E-state index contributed by atoms with van der Waals surface area (Å²) in [6.45, 7) is 6.16. The fourth-order valence-electron chi connectivity index (χ4n) is 2.69. The van der Waals surface area contributed by atoms with Crippen LogP contribution in [0.4, 0.5) is 13.2 Å². The highest BCUT2D eigenvalue weighted by Gasteiger charge is 2.31. The minimum Gasteiger partial charge on any atom is -0.456 e. The quantitative estimate of drug-likeness (QED) is 0.337. The van der Waals surface area contributed by atoms with E-state index in [1.165, 1.54) is 23.9 Å². The number of rotatable bonds is 6. The van der Waals surface area contributed by atoms with Crippen molar-refractivity contribution in [3.05, 3.63) is 83.4 Å². The molecule has 0 saturated heterocycles. The molecule has 35 heavy (non-hydrogen) atoms. The molecule has 0 heterocycles. The molecular formula is C26H25F3N2O2S2. The Morgan fingerprint density at radius 1 is 1.03 bits per heavy atom. The lowest BCUT2D eigenvalue weighted by Gasteiger charge is -2.14. The molecule has 0 aliphatic rings. The summed E-state index contributed by atoms with van der Waals surface area (Å²) in [6.07, 6.45) is -4.99. The van der Waals surface area contributed by atoms with Crippen LogP contribution in [0.2, 0.25) is 0 Å². The van der Waals surface area contributed by atoms with Crippen LogP contribution in [0, 0.1) is 11.3 Å². The molecule has 0 aliphatic heterocycles. The van der Waals surface area contributed by atoms with Gasteiger partial charge in [0, 0.05) is 14.5 Å². The third-order valence-electron chi connectivity index (χ3n) is 3.95. The molecule has 9 heteroatoms. The topological polar surface area (TPSA) is 76.1 Å². The number of nitriles is 1. The highest BCUT2D eigenvalue weighted by Crippen LogP contribution is 2.36. The van der Waals surface area contributed by atoms with Crippen LogP contribution in [0.3, 0.4) is 0 Å². The summed E-state index contributed by atoms with van der Waals surface area (Å²) >= 11 is 5.56. The van der Waals surface area contributed by atoms with Crippen LogP contribution in [-0.4, -0.2) is 10.7 Å². The predicted octanol–water partition coefficient (Wildman–Crippen LogP) is 7.26. The number of ether oxygens (including phenoxy) is 1. The van der Waals surface area contributed by atoms with Gasteiger partial charge < -0.3 is 10.5 Å². The SMILES string of the molecule is CC(C)(C)S.N#Cc1cc(Sc2ccccc2)ccc1Oc1cc(CC(N)=O)cc(C(F)(F)F)c1. The van der Waals surface area contributed by atoms with Gasteiger partial charge in [-0.3, -0.25) is 4.79 Å². The van der Waals surface area contributed by atoms with Crippen LogP contribution in [0.5, 0.6) is 11.5 Å². The van der Waals surface area contributed by atoms with Gasteiger partial charge >= 0.3 is 6.18 Å². The Kier molecular flexibility index (Phi) is 9.69. The molecule has 0 atom stereocenters. The van der Waals surface area contributed by atoms with Crippen LogP contribution in [-0.2, 0) is 17.4 Å². The van der Waals surface area contributed by atoms with Crippen LogP contribution in [0.15, 0.2) is 76.5 Å². The first-order valence-corrected chi connectivity index (χ1v) is 11.7. The Morgan fingerprint density at radius 2 is 1.66 bits per heavy atom. The molecule has 0 unspecified atom stereocenters. The van der Waals surface area contributed by atoms with Gasteiger partial charge in [0.25, 0.3) is 0 Å². The average molecular weight is 519 g/mol. The van der Waals surface area contributed by atoms with Gasteiger partial charge in [-0.1, -0.05) is 50.7 Å². The molecule has 3 rings (SSSR count). The third kappa shape index (κ3) is 10.4. The van der Waals surface area contributed by atoms with E-state index in [0.717, 1.165) is 21.9 Å². The summed E-state index contributed by atoms with van der Waals surface area (Å²) in [7, 11) is 0. The van der Waals surface area contributed by atoms with Crippen molar-refractivity contribution >= 4 is 30.3 Å². The zero-order valence-corrected chi connectivity index (χ0v) is 21.1. The average Bonchev–Trinajstić information content (AvgIpc) is 2.73. The molecule has 0 radical (unpaired) electrons. The number of nitrogens with two attached hydrogens (primary N) is 1. The van der Waals surface area contributed by atoms with Gasteiger partial charge in [-0.2, -0.15) is 31.1 Å². The van der Waals surface area contributed by atoms with E-state index < -0.39 is 17.6 Å². The summed E-state index contributed by atoms with van der Waals surface area (Å²) in [5, 5.41) is 9.46. The number of primary amides is 1. The van der Waals surface area contributed by atoms with Gasteiger partial charge in [0.05, 0.1) is 17.5 Å². The Bertz CT molecular complexity index is 1200. The van der Waals surface area contributed by atoms with Gasteiger partial charge in [0.2, 0.25) is 5.91 Å². The summed E-state index contributed by atoms with van der Waals surface area (Å²) in [5.74, 6) is -0.791. The standard InChI is InChI=1S/C22H15F3N2O2S.C4H10S/c23-22(24,25)16-8-14(10-21(27)28)9-17(12-16)29-20-7-6-19(11-15(20)13-26)30-18-4-2-1-3-5-18;1-4(2,3)5/h1-9,11-12H,10H2,(H2,27,28);5H,1-3H3. The van der Waals surface area contributed by atoms with E-state index in [-0.39, 0.29) is 33.8 Å². The molecule has 0 bridgehead atoms. The molecule has 3 aromatic carbocycles. The number of alkyl halides is 3. The molecule has 0 saturated carbocycles. The van der Waals surface area contributed by atoms with Gasteiger partial charge in [0.15, 0.2) is 0 Å². The maximum absolute atomic E-state index is 13.2. The number of nitrogens with zero attached hydrogens (tertiary/aromatic N) is 1. The zero-order chi connectivity index (χ0) is 26.2. The molecule has 0 fully saturated rings. The maximum Gasteiger partial charge on any atom is 0.416 e. The maximum atomic E-state index is 13.2. The van der Waals surface area contributed by atoms with Crippen molar-refractivity contribution in [2.45, 2.75) is 47.9 Å². The molecule has 2 N–H and O–H groups in total. The van der Waals surface area contributed by atoms with Crippen LogP contribution in [0.1, 0.15) is 37.5 Å². The molecule has 3 aromatic rings. The number of benzene rings is 3. The molecule has 4 nitrogen and oxygen atoms in total. The van der Waals surface area contributed by atoms with Gasteiger partial charge in [-0.05, 0) is 54.1 Å². The van der Waals surface area contributed by atoms with Crippen LogP contribution >= 0.6 is 24.4 Å². The number of hydrogen-bond acceptors (Lipinski definition) is 5. The molecule has 184 valence electrons. The van der Waals surface area contributed by atoms with Crippen molar-refractivity contribution in [1.82, 2.24) is 0 Å². The predicted molar refractivity (Wildman–Crippen MR) is 135 cm³/mol. The number of amides is 1. The molecule has 1 amide bonds. The Hall–Kier alpha value is -3.09. The second-order valence-electron chi connectivity index (χ2n) is 8.46. The minimum atomic E-state index is -4.62. The Labute approximate surface area is 212 Å². The van der Waals surface area contributed by atoms with Crippen molar-refractivity contribution in [3.8, 4) is 17.6 Å². The first-order chi connectivity index (χ1) is 16.2. The van der Waals surface area contributed by atoms with Gasteiger partial charge in [0.1, 0.15) is 17.6 Å². The lowest BCUT2D eigenvalue weighted by atomic mass is 10.1. The number of halogens is 3. The fourth-order valence-corrected chi connectivity index (χ4v) is 3.57. The smallest absolute Gasteiger partial charge is 0.416 e. The van der Waals surface area contributed by atoms with Crippen LogP contribution < -0.4 is 10.5 Å². The van der Waals surface area contributed by atoms with Crippen molar-refractivity contribution in [1.29, 1.82) is 5.26 Å². The van der Waals surface area contributed by atoms with Crippen molar-refractivity contribution in [2.75, 3.05) is 0 Å². The minimum absolute atomic E-state index is 0.0714. The van der Waals surface area contributed by atoms with Gasteiger partial charge in [-0.15, -0.1) is 0 Å². The van der Waals surface area contributed by atoms with E-state index in [4.69, 9.17) is 10.5 Å². The summed E-state index contributed by atoms with van der Waals surface area (Å²) < 4.78 is 45.4. The summed E-state index contributed by atoms with van der Waals surface area (Å²) in [5.41, 5.74) is 4.38. The fraction of sp³-hybridized carbons (Fsp3) is 0.231. The zero-order valence-electron chi connectivity index (χ0n) is 19.4. The molecular weight excluding hydrogens is 493 g/mol. The molecule has 0 aromatic heterocycles. The Morgan fingerprint density at radius 3 is 2.20 bits per heavy atom.